The Morgan fingerprint density at radius 2 is 2.21 bits per heavy atom. The molecule has 0 fully saturated rings. The maximum absolute atomic E-state index is 11.8. The molecule has 1 aliphatic carbocycles. The zero-order valence-electron chi connectivity index (χ0n) is 14.3. The molecule has 0 radical (unpaired) electrons. The molecule has 0 saturated carbocycles. The number of nitrogens with two attached hydrogens (primary N) is 1. The predicted molar refractivity (Wildman–Crippen MR) is 102 cm³/mol. The van der Waals surface area contributed by atoms with E-state index in [9.17, 15) is 4.79 Å². The van der Waals surface area contributed by atoms with Gasteiger partial charge in [-0.3, -0.25) is 4.79 Å². The van der Waals surface area contributed by atoms with Crippen LogP contribution in [0.4, 0.5) is 5.69 Å². The first kappa shape index (κ1) is 17.0. The van der Waals surface area contributed by atoms with Crippen LogP contribution < -0.4 is 10.6 Å². The van der Waals surface area contributed by atoms with E-state index in [4.69, 9.17) is 5.73 Å². The van der Waals surface area contributed by atoms with Crippen molar-refractivity contribution in [2.45, 2.75) is 44.9 Å². The average molecular weight is 343 g/mol. The molecule has 4 heteroatoms. The molecule has 1 aliphatic rings. The van der Waals surface area contributed by atoms with Gasteiger partial charge in [0.05, 0.1) is 5.92 Å². The van der Waals surface area contributed by atoms with Crippen molar-refractivity contribution >= 4 is 22.9 Å². The molecule has 1 atom stereocenters. The quantitative estimate of drug-likeness (QED) is 0.823. The third kappa shape index (κ3) is 3.81. The van der Waals surface area contributed by atoms with E-state index < -0.39 is 0 Å². The van der Waals surface area contributed by atoms with E-state index in [2.05, 4.69) is 47.5 Å². The van der Waals surface area contributed by atoms with E-state index >= 15 is 0 Å². The Bertz CT molecular complexity index is 681. The van der Waals surface area contributed by atoms with E-state index in [0.29, 0.717) is 0 Å². The molecule has 0 saturated heterocycles. The molecule has 0 aliphatic heterocycles. The Hall–Kier alpha value is -1.81. The van der Waals surface area contributed by atoms with Gasteiger partial charge in [-0.05, 0) is 66.8 Å². The normalized spacial score (nSPS) is 16.6. The maximum atomic E-state index is 11.8. The Morgan fingerprint density at radius 1 is 1.33 bits per heavy atom. The lowest BCUT2D eigenvalue weighted by Gasteiger charge is -2.28. The number of benzene rings is 1. The molecule has 1 heterocycles. The highest BCUT2D eigenvalue weighted by Crippen LogP contribution is 2.34. The number of anilines is 1. The molecule has 1 amide bonds. The number of nitrogens with zero attached hydrogens (tertiary/aromatic N) is 1. The highest BCUT2D eigenvalue weighted by molar-refractivity contribution is 7.09. The summed E-state index contributed by atoms with van der Waals surface area (Å²) in [5, 5.41) is 2.13. The SMILES string of the molecule is CCCN(CCc1cccs1)c1ccc2c(c1)C(C(N)=O)CCC2. The van der Waals surface area contributed by atoms with Crippen molar-refractivity contribution < 1.29 is 4.79 Å². The first-order chi connectivity index (χ1) is 11.7. The van der Waals surface area contributed by atoms with E-state index in [1.165, 1.54) is 16.1 Å². The van der Waals surface area contributed by atoms with Gasteiger partial charge in [-0.1, -0.05) is 19.1 Å². The molecular formula is C20H26N2OS. The number of carbonyl (C=O) groups is 1. The molecular weight excluding hydrogens is 316 g/mol. The topological polar surface area (TPSA) is 46.3 Å². The average Bonchev–Trinajstić information content (AvgIpc) is 3.11. The van der Waals surface area contributed by atoms with Crippen LogP contribution in [-0.2, 0) is 17.6 Å². The minimum absolute atomic E-state index is 0.116. The van der Waals surface area contributed by atoms with Crippen LogP contribution in [0.5, 0.6) is 0 Å². The van der Waals surface area contributed by atoms with Crippen molar-refractivity contribution in [3.05, 3.63) is 51.7 Å². The van der Waals surface area contributed by atoms with Gasteiger partial charge in [-0.15, -0.1) is 11.3 Å². The van der Waals surface area contributed by atoms with Crippen LogP contribution in [0.1, 0.15) is 48.1 Å². The Morgan fingerprint density at radius 3 is 2.92 bits per heavy atom. The number of hydrogen-bond donors (Lipinski definition) is 1. The van der Waals surface area contributed by atoms with Crippen LogP contribution in [0.3, 0.4) is 0 Å². The molecule has 1 aromatic heterocycles. The van der Waals surface area contributed by atoms with E-state index in [1.54, 1.807) is 0 Å². The fraction of sp³-hybridized carbons (Fsp3) is 0.450. The molecule has 0 bridgehead atoms. The number of fused-ring (bicyclic) bond motifs is 1. The number of rotatable bonds is 7. The number of aryl methyl sites for hydroxylation is 1. The lowest BCUT2D eigenvalue weighted by Crippen LogP contribution is -2.28. The molecule has 128 valence electrons. The number of carbonyl (C=O) groups excluding carboxylic acids is 1. The Balaban J connectivity index is 1.82. The first-order valence-electron chi connectivity index (χ1n) is 8.88. The van der Waals surface area contributed by atoms with E-state index in [0.717, 1.165) is 50.8 Å². The van der Waals surface area contributed by atoms with Crippen LogP contribution in [0.15, 0.2) is 35.7 Å². The van der Waals surface area contributed by atoms with Gasteiger partial charge in [-0.2, -0.15) is 0 Å². The van der Waals surface area contributed by atoms with Crippen molar-refractivity contribution in [2.75, 3.05) is 18.0 Å². The second-order valence-electron chi connectivity index (χ2n) is 6.55. The molecule has 2 aromatic rings. The zero-order chi connectivity index (χ0) is 16.9. The first-order valence-corrected chi connectivity index (χ1v) is 9.76. The number of primary amides is 1. The van der Waals surface area contributed by atoms with Crippen LogP contribution in [0, 0.1) is 0 Å². The number of hydrogen-bond acceptors (Lipinski definition) is 3. The third-order valence-electron chi connectivity index (χ3n) is 4.85. The Kier molecular flexibility index (Phi) is 5.56. The number of amides is 1. The van der Waals surface area contributed by atoms with Gasteiger partial charge < -0.3 is 10.6 Å². The standard InChI is InChI=1S/C20H26N2OS/c1-2-11-22(12-10-17-6-4-13-24-17)16-9-8-15-5-3-7-18(20(21)23)19(15)14-16/h4,6,8-9,13-14,18H,2-3,5,7,10-12H2,1H3,(H2,21,23). The summed E-state index contributed by atoms with van der Waals surface area (Å²) < 4.78 is 0. The van der Waals surface area contributed by atoms with Crippen LogP contribution >= 0.6 is 11.3 Å². The van der Waals surface area contributed by atoms with Gasteiger partial charge in [0.2, 0.25) is 5.91 Å². The summed E-state index contributed by atoms with van der Waals surface area (Å²) in [5.74, 6) is -0.303. The molecule has 0 spiro atoms. The van der Waals surface area contributed by atoms with Gasteiger partial charge in [0, 0.05) is 23.7 Å². The lowest BCUT2D eigenvalue weighted by molar-refractivity contribution is -0.119. The molecule has 1 aromatic carbocycles. The summed E-state index contributed by atoms with van der Waals surface area (Å²) in [5.41, 5.74) is 9.31. The summed E-state index contributed by atoms with van der Waals surface area (Å²) in [4.78, 5) is 15.7. The smallest absolute Gasteiger partial charge is 0.224 e. The molecule has 24 heavy (non-hydrogen) atoms. The molecule has 2 N–H and O–H groups in total. The minimum Gasteiger partial charge on any atom is -0.371 e. The summed E-state index contributed by atoms with van der Waals surface area (Å²) in [6.45, 7) is 4.25. The summed E-state index contributed by atoms with van der Waals surface area (Å²) in [7, 11) is 0. The summed E-state index contributed by atoms with van der Waals surface area (Å²) in [6, 6.07) is 10.9. The summed E-state index contributed by atoms with van der Waals surface area (Å²) >= 11 is 1.82. The second kappa shape index (κ2) is 7.84. The van der Waals surface area contributed by atoms with Crippen molar-refractivity contribution in [3.63, 3.8) is 0 Å². The van der Waals surface area contributed by atoms with Gasteiger partial charge in [-0.25, -0.2) is 0 Å². The van der Waals surface area contributed by atoms with Crippen molar-refractivity contribution in [1.82, 2.24) is 0 Å². The Labute approximate surface area is 148 Å². The van der Waals surface area contributed by atoms with Gasteiger partial charge >= 0.3 is 0 Å². The van der Waals surface area contributed by atoms with E-state index in [1.807, 2.05) is 11.3 Å². The van der Waals surface area contributed by atoms with Crippen molar-refractivity contribution in [1.29, 1.82) is 0 Å². The second-order valence-corrected chi connectivity index (χ2v) is 7.58. The highest BCUT2D eigenvalue weighted by atomic mass is 32.1. The third-order valence-corrected chi connectivity index (χ3v) is 5.79. The number of thiophene rings is 1. The highest BCUT2D eigenvalue weighted by Gasteiger charge is 2.25. The fourth-order valence-corrected chi connectivity index (χ4v) is 4.32. The zero-order valence-corrected chi connectivity index (χ0v) is 15.1. The molecule has 3 nitrogen and oxygen atoms in total. The summed E-state index contributed by atoms with van der Waals surface area (Å²) in [6.07, 6.45) is 5.17. The van der Waals surface area contributed by atoms with Crippen LogP contribution in [0.2, 0.25) is 0 Å². The minimum atomic E-state index is -0.186. The van der Waals surface area contributed by atoms with Crippen molar-refractivity contribution in [3.8, 4) is 0 Å². The van der Waals surface area contributed by atoms with Gasteiger partial charge in [0.1, 0.15) is 0 Å². The largest absolute Gasteiger partial charge is 0.371 e. The predicted octanol–water partition coefficient (Wildman–Crippen LogP) is 4.11. The monoisotopic (exact) mass is 342 g/mol. The van der Waals surface area contributed by atoms with Crippen LogP contribution in [-0.4, -0.2) is 19.0 Å². The maximum Gasteiger partial charge on any atom is 0.224 e. The van der Waals surface area contributed by atoms with Gasteiger partial charge in [0.15, 0.2) is 0 Å². The van der Waals surface area contributed by atoms with Crippen molar-refractivity contribution in [2.24, 2.45) is 5.73 Å². The fourth-order valence-electron chi connectivity index (χ4n) is 3.62. The lowest BCUT2D eigenvalue weighted by atomic mass is 9.82. The van der Waals surface area contributed by atoms with E-state index in [-0.39, 0.29) is 11.8 Å². The molecule has 1 unspecified atom stereocenters. The van der Waals surface area contributed by atoms with Crippen LogP contribution in [0.25, 0.3) is 0 Å². The molecule has 3 rings (SSSR count). The van der Waals surface area contributed by atoms with Gasteiger partial charge in [0.25, 0.3) is 0 Å².